The Hall–Kier alpha value is -4.67. The molecule has 4 heteroatoms. The van der Waals surface area contributed by atoms with Crippen molar-refractivity contribution < 1.29 is 0 Å². The van der Waals surface area contributed by atoms with Crippen molar-refractivity contribution in [3.63, 3.8) is 0 Å². The highest BCUT2D eigenvalue weighted by atomic mass is 32.1. The Bertz CT molecular complexity index is 2040. The number of aromatic nitrogens is 3. The zero-order valence-electron chi connectivity index (χ0n) is 22.0. The van der Waals surface area contributed by atoms with Crippen LogP contribution in [0.2, 0.25) is 0 Å². The molecular formula is C36H25N3S. The Kier molecular flexibility index (Phi) is 5.35. The van der Waals surface area contributed by atoms with E-state index in [-0.39, 0.29) is 0 Å². The van der Waals surface area contributed by atoms with Crippen molar-refractivity contribution >= 4 is 31.5 Å². The number of fused-ring (bicyclic) bond motifs is 6. The first kappa shape index (κ1) is 23.2. The van der Waals surface area contributed by atoms with E-state index in [1.165, 1.54) is 42.4 Å². The molecule has 3 aromatic carbocycles. The summed E-state index contributed by atoms with van der Waals surface area (Å²) in [6.45, 7) is 2.28. The third-order valence-electron chi connectivity index (χ3n) is 8.06. The lowest BCUT2D eigenvalue weighted by molar-refractivity contribution is 0.738. The summed E-state index contributed by atoms with van der Waals surface area (Å²) < 4.78 is 2.67. The molecule has 0 spiro atoms. The monoisotopic (exact) mass is 531 g/mol. The fourth-order valence-electron chi connectivity index (χ4n) is 5.99. The molecule has 4 heterocycles. The van der Waals surface area contributed by atoms with Gasteiger partial charge in [0, 0.05) is 43.7 Å². The molecule has 1 aliphatic rings. The van der Waals surface area contributed by atoms with Crippen LogP contribution < -0.4 is 0 Å². The van der Waals surface area contributed by atoms with Gasteiger partial charge in [-0.15, -0.1) is 11.3 Å². The number of thiophene rings is 1. The van der Waals surface area contributed by atoms with Gasteiger partial charge in [0.05, 0.1) is 22.8 Å². The van der Waals surface area contributed by atoms with E-state index in [1.807, 2.05) is 35.9 Å². The van der Waals surface area contributed by atoms with Crippen molar-refractivity contribution in [1.82, 2.24) is 15.0 Å². The van der Waals surface area contributed by atoms with Gasteiger partial charge in [0.1, 0.15) is 0 Å². The summed E-state index contributed by atoms with van der Waals surface area (Å²) in [6.07, 6.45) is 4.60. The van der Waals surface area contributed by atoms with Crippen LogP contribution in [0.25, 0.3) is 65.2 Å². The van der Waals surface area contributed by atoms with Gasteiger partial charge >= 0.3 is 0 Å². The second-order valence-corrected chi connectivity index (χ2v) is 11.6. The summed E-state index contributed by atoms with van der Waals surface area (Å²) in [7, 11) is 0. The normalized spacial score (nSPS) is 14.3. The van der Waals surface area contributed by atoms with E-state index in [9.17, 15) is 0 Å². The quantitative estimate of drug-likeness (QED) is 0.228. The van der Waals surface area contributed by atoms with Crippen LogP contribution in [0.1, 0.15) is 24.0 Å². The van der Waals surface area contributed by atoms with Crippen LogP contribution in [0.4, 0.5) is 0 Å². The molecule has 40 heavy (non-hydrogen) atoms. The highest BCUT2D eigenvalue weighted by Gasteiger charge is 2.25. The molecular weight excluding hydrogens is 506 g/mol. The lowest BCUT2D eigenvalue weighted by atomic mass is 9.84. The molecule has 0 N–H and O–H groups in total. The molecule has 0 amide bonds. The van der Waals surface area contributed by atoms with Gasteiger partial charge in [-0.25, -0.2) is 9.97 Å². The van der Waals surface area contributed by atoms with Crippen LogP contribution in [0.5, 0.6) is 0 Å². The Morgan fingerprint density at radius 2 is 1.32 bits per heavy atom. The number of nitrogens with zero attached hydrogens (tertiary/aromatic N) is 3. The molecule has 7 aromatic rings. The number of benzene rings is 3. The fourth-order valence-corrected chi connectivity index (χ4v) is 7.23. The average Bonchev–Trinajstić information content (AvgIpc) is 3.40. The molecule has 0 aliphatic heterocycles. The fraction of sp³-hybridized carbons (Fsp3) is 0.0833. The van der Waals surface area contributed by atoms with Crippen LogP contribution in [0.3, 0.4) is 0 Å². The van der Waals surface area contributed by atoms with Gasteiger partial charge in [-0.2, -0.15) is 0 Å². The van der Waals surface area contributed by atoms with Gasteiger partial charge in [-0.05, 0) is 64.9 Å². The number of rotatable bonds is 3. The van der Waals surface area contributed by atoms with Gasteiger partial charge in [0.2, 0.25) is 0 Å². The molecule has 190 valence electrons. The maximum absolute atomic E-state index is 5.22. The predicted molar refractivity (Wildman–Crippen MR) is 167 cm³/mol. The highest BCUT2D eigenvalue weighted by molar-refractivity contribution is 7.26. The topological polar surface area (TPSA) is 38.7 Å². The van der Waals surface area contributed by atoms with Gasteiger partial charge in [0.25, 0.3) is 0 Å². The third-order valence-corrected chi connectivity index (χ3v) is 9.28. The molecule has 1 unspecified atom stereocenters. The first-order chi connectivity index (χ1) is 19.7. The predicted octanol–water partition coefficient (Wildman–Crippen LogP) is 9.57. The summed E-state index contributed by atoms with van der Waals surface area (Å²) in [4.78, 5) is 14.5. The maximum Gasteiger partial charge on any atom is 0.0931 e. The molecule has 1 aliphatic carbocycles. The van der Waals surface area contributed by atoms with Gasteiger partial charge in [0.15, 0.2) is 0 Å². The van der Waals surface area contributed by atoms with E-state index in [0.29, 0.717) is 5.92 Å². The van der Waals surface area contributed by atoms with E-state index < -0.39 is 0 Å². The van der Waals surface area contributed by atoms with E-state index in [4.69, 9.17) is 9.97 Å². The Morgan fingerprint density at radius 3 is 2.17 bits per heavy atom. The van der Waals surface area contributed by atoms with Crippen molar-refractivity contribution in [3.8, 4) is 45.0 Å². The standard InChI is InChI=1S/C36H25N3S/c1-22-21-26-13-15-31(25-17-19-37-20-18-25)38-34(26)35-27(22)14-16-32(39-35)24-11-9-23(10-12-24)28-6-4-7-30-29-5-2-3-8-33(29)40-36(28)30/h2-20,22H,21H2,1H3. The highest BCUT2D eigenvalue weighted by Crippen LogP contribution is 2.41. The minimum atomic E-state index is 0.404. The van der Waals surface area contributed by atoms with Gasteiger partial charge in [-0.1, -0.05) is 79.7 Å². The van der Waals surface area contributed by atoms with E-state index in [2.05, 4.69) is 103 Å². The molecule has 0 radical (unpaired) electrons. The minimum absolute atomic E-state index is 0.404. The maximum atomic E-state index is 5.22. The second kappa shape index (κ2) is 9.22. The van der Waals surface area contributed by atoms with E-state index >= 15 is 0 Å². The van der Waals surface area contributed by atoms with Crippen LogP contribution in [-0.2, 0) is 6.42 Å². The zero-order valence-corrected chi connectivity index (χ0v) is 22.8. The Morgan fingerprint density at radius 1 is 0.625 bits per heavy atom. The molecule has 0 bridgehead atoms. The summed E-state index contributed by atoms with van der Waals surface area (Å²) in [5.41, 5.74) is 11.1. The summed E-state index contributed by atoms with van der Waals surface area (Å²) >= 11 is 1.87. The van der Waals surface area contributed by atoms with Crippen LogP contribution in [0.15, 0.2) is 116 Å². The Labute approximate surface area is 236 Å². The lowest BCUT2D eigenvalue weighted by Gasteiger charge is -2.24. The summed E-state index contributed by atoms with van der Waals surface area (Å²) in [6, 6.07) is 36.9. The van der Waals surface area contributed by atoms with Crippen LogP contribution in [-0.4, -0.2) is 15.0 Å². The van der Waals surface area contributed by atoms with E-state index in [0.717, 1.165) is 40.3 Å². The average molecular weight is 532 g/mol. The van der Waals surface area contributed by atoms with Crippen LogP contribution >= 0.6 is 11.3 Å². The summed E-state index contributed by atoms with van der Waals surface area (Å²) in [5, 5.41) is 2.65. The van der Waals surface area contributed by atoms with Crippen molar-refractivity contribution in [3.05, 3.63) is 127 Å². The smallest absolute Gasteiger partial charge is 0.0931 e. The molecule has 0 saturated carbocycles. The number of hydrogen-bond acceptors (Lipinski definition) is 4. The minimum Gasteiger partial charge on any atom is -0.265 e. The van der Waals surface area contributed by atoms with Crippen molar-refractivity contribution in [1.29, 1.82) is 0 Å². The SMILES string of the molecule is CC1Cc2ccc(-c3ccncc3)nc2-c2nc(-c3ccc(-c4cccc5c4sc4ccccc45)cc3)ccc21. The molecule has 0 fully saturated rings. The first-order valence-corrected chi connectivity index (χ1v) is 14.5. The first-order valence-electron chi connectivity index (χ1n) is 13.7. The molecule has 8 rings (SSSR count). The Balaban J connectivity index is 1.19. The number of pyridine rings is 3. The lowest BCUT2D eigenvalue weighted by Crippen LogP contribution is -2.12. The molecule has 1 atom stereocenters. The molecule has 4 aromatic heterocycles. The largest absolute Gasteiger partial charge is 0.265 e. The van der Waals surface area contributed by atoms with Crippen molar-refractivity contribution in [2.24, 2.45) is 0 Å². The van der Waals surface area contributed by atoms with Gasteiger partial charge < -0.3 is 0 Å². The van der Waals surface area contributed by atoms with Gasteiger partial charge in [-0.3, -0.25) is 4.98 Å². The second-order valence-electron chi connectivity index (χ2n) is 10.5. The van der Waals surface area contributed by atoms with Crippen molar-refractivity contribution in [2.75, 3.05) is 0 Å². The number of hydrogen-bond donors (Lipinski definition) is 0. The van der Waals surface area contributed by atoms with Crippen LogP contribution in [0, 0.1) is 0 Å². The molecule has 0 saturated heterocycles. The van der Waals surface area contributed by atoms with E-state index in [1.54, 1.807) is 0 Å². The summed E-state index contributed by atoms with van der Waals surface area (Å²) in [5.74, 6) is 0.404. The zero-order chi connectivity index (χ0) is 26.6. The molecule has 3 nitrogen and oxygen atoms in total. The third kappa shape index (κ3) is 3.75. The van der Waals surface area contributed by atoms with Crippen molar-refractivity contribution in [2.45, 2.75) is 19.3 Å².